The van der Waals surface area contributed by atoms with Gasteiger partial charge in [-0.15, -0.1) is 0 Å². The highest BCUT2D eigenvalue weighted by atomic mass is 16.5. The van der Waals surface area contributed by atoms with Gasteiger partial charge in [-0.25, -0.2) is 0 Å². The molecule has 150 valence electrons. The Morgan fingerprint density at radius 1 is 0.640 bits per heavy atom. The lowest BCUT2D eigenvalue weighted by molar-refractivity contribution is -0.126. The van der Waals surface area contributed by atoms with Gasteiger partial charge < -0.3 is 9.47 Å². The average molecular weight is 357 g/mol. The highest BCUT2D eigenvalue weighted by Gasteiger charge is 2.06. The van der Waals surface area contributed by atoms with E-state index in [1.165, 1.54) is 64.2 Å². The van der Waals surface area contributed by atoms with Crippen molar-refractivity contribution in [3.63, 3.8) is 0 Å². The average Bonchev–Trinajstić information content (AvgIpc) is 2.57. The molecule has 0 N–H and O–H groups in total. The number of Topliss-reactive ketones (excluding diaryl/α,β-unsaturated/α-hetero) is 1. The van der Waals surface area contributed by atoms with E-state index >= 15 is 0 Å². The molecular weight excluding hydrogens is 312 g/mol. The molecule has 0 aliphatic carbocycles. The maximum absolute atomic E-state index is 11.4. The lowest BCUT2D eigenvalue weighted by Crippen LogP contribution is -2.15. The fourth-order valence-electron chi connectivity index (χ4n) is 2.67. The van der Waals surface area contributed by atoms with E-state index in [2.05, 4.69) is 13.8 Å². The summed E-state index contributed by atoms with van der Waals surface area (Å²) in [5.74, 6) is 1.13. The zero-order valence-corrected chi connectivity index (χ0v) is 17.5. The molecule has 25 heavy (non-hydrogen) atoms. The summed E-state index contributed by atoms with van der Waals surface area (Å²) < 4.78 is 11.1. The Hall–Kier alpha value is -0.410. The molecule has 0 radical (unpaired) electrons. The Bertz CT molecular complexity index is 287. The molecule has 0 aliphatic heterocycles. The third-order valence-corrected chi connectivity index (χ3v) is 4.54. The van der Waals surface area contributed by atoms with Gasteiger partial charge in [-0.2, -0.15) is 0 Å². The van der Waals surface area contributed by atoms with Gasteiger partial charge >= 0.3 is 0 Å². The molecular formula is C22H44O3. The first-order valence-corrected chi connectivity index (χ1v) is 10.7. The molecule has 0 bridgehead atoms. The Morgan fingerprint density at radius 3 is 1.56 bits per heavy atom. The molecule has 0 amide bonds. The standard InChI is InChI=1S/C22H44O3/c1-20(2)15-11-10-14-17-24-16-12-8-6-5-7-9-13-18-25-19-22(23)21(3)4/h20-21H,5-19H2,1-4H3. The third-order valence-electron chi connectivity index (χ3n) is 4.54. The van der Waals surface area contributed by atoms with Crippen molar-refractivity contribution < 1.29 is 14.3 Å². The van der Waals surface area contributed by atoms with Crippen molar-refractivity contribution in [2.75, 3.05) is 26.4 Å². The molecule has 0 saturated heterocycles. The number of hydrogen-bond acceptors (Lipinski definition) is 3. The number of ether oxygens (including phenoxy) is 2. The minimum atomic E-state index is 0.0915. The molecule has 0 aromatic carbocycles. The minimum Gasteiger partial charge on any atom is -0.381 e. The highest BCUT2D eigenvalue weighted by Crippen LogP contribution is 2.09. The maximum atomic E-state index is 11.4. The first kappa shape index (κ1) is 24.6. The van der Waals surface area contributed by atoms with Crippen LogP contribution in [-0.4, -0.2) is 32.2 Å². The zero-order chi connectivity index (χ0) is 18.8. The fourth-order valence-corrected chi connectivity index (χ4v) is 2.67. The van der Waals surface area contributed by atoms with Crippen LogP contribution < -0.4 is 0 Å². The molecule has 3 heteroatoms. The predicted molar refractivity (Wildman–Crippen MR) is 107 cm³/mol. The van der Waals surface area contributed by atoms with Gasteiger partial charge in [0, 0.05) is 25.7 Å². The molecule has 0 rings (SSSR count). The monoisotopic (exact) mass is 356 g/mol. The Kier molecular flexibility index (Phi) is 18.1. The van der Waals surface area contributed by atoms with Gasteiger partial charge in [0.15, 0.2) is 5.78 Å². The van der Waals surface area contributed by atoms with Crippen LogP contribution in [0.4, 0.5) is 0 Å². The summed E-state index contributed by atoms with van der Waals surface area (Å²) in [5, 5.41) is 0. The molecule has 0 atom stereocenters. The summed E-state index contributed by atoms with van der Waals surface area (Å²) >= 11 is 0. The van der Waals surface area contributed by atoms with Gasteiger partial charge in [0.1, 0.15) is 6.61 Å². The number of unbranched alkanes of at least 4 members (excludes halogenated alkanes) is 8. The van der Waals surface area contributed by atoms with E-state index in [0.717, 1.165) is 32.2 Å². The minimum absolute atomic E-state index is 0.0915. The molecule has 0 fully saturated rings. The van der Waals surface area contributed by atoms with Crippen LogP contribution in [0.5, 0.6) is 0 Å². The van der Waals surface area contributed by atoms with Crippen LogP contribution in [0.3, 0.4) is 0 Å². The van der Waals surface area contributed by atoms with Gasteiger partial charge in [0.25, 0.3) is 0 Å². The zero-order valence-electron chi connectivity index (χ0n) is 17.5. The molecule has 0 unspecified atom stereocenters. The summed E-state index contributed by atoms with van der Waals surface area (Å²) in [7, 11) is 0. The third kappa shape index (κ3) is 19.8. The Labute approximate surface area is 157 Å². The normalized spacial score (nSPS) is 11.6. The summed E-state index contributed by atoms with van der Waals surface area (Å²) in [6, 6.07) is 0. The summed E-state index contributed by atoms with van der Waals surface area (Å²) in [4.78, 5) is 11.4. The fraction of sp³-hybridized carbons (Fsp3) is 0.955. The summed E-state index contributed by atoms with van der Waals surface area (Å²) in [6.07, 6.45) is 13.9. The second-order valence-corrected chi connectivity index (χ2v) is 8.00. The number of carbonyl (C=O) groups is 1. The molecule has 0 aromatic heterocycles. The van der Waals surface area contributed by atoms with Crippen molar-refractivity contribution in [1.29, 1.82) is 0 Å². The lowest BCUT2D eigenvalue weighted by atomic mass is 10.1. The number of rotatable bonds is 19. The highest BCUT2D eigenvalue weighted by molar-refractivity contribution is 5.81. The van der Waals surface area contributed by atoms with Crippen LogP contribution in [-0.2, 0) is 14.3 Å². The quantitative estimate of drug-likeness (QED) is 0.259. The second-order valence-electron chi connectivity index (χ2n) is 8.00. The van der Waals surface area contributed by atoms with Gasteiger partial charge in [0.2, 0.25) is 0 Å². The van der Waals surface area contributed by atoms with Crippen LogP contribution in [0.15, 0.2) is 0 Å². The van der Waals surface area contributed by atoms with Crippen LogP contribution in [0.2, 0.25) is 0 Å². The van der Waals surface area contributed by atoms with E-state index in [1.807, 2.05) is 13.8 Å². The van der Waals surface area contributed by atoms with Crippen LogP contribution >= 0.6 is 0 Å². The van der Waals surface area contributed by atoms with Crippen molar-refractivity contribution in [2.24, 2.45) is 11.8 Å². The topological polar surface area (TPSA) is 35.5 Å². The van der Waals surface area contributed by atoms with E-state index < -0.39 is 0 Å². The van der Waals surface area contributed by atoms with E-state index in [9.17, 15) is 4.79 Å². The Balaban J connectivity index is 3.06. The van der Waals surface area contributed by atoms with Crippen molar-refractivity contribution in [1.82, 2.24) is 0 Å². The van der Waals surface area contributed by atoms with Crippen LogP contribution in [0.1, 0.15) is 98.3 Å². The smallest absolute Gasteiger partial charge is 0.160 e. The number of hydrogen-bond donors (Lipinski definition) is 0. The molecule has 0 spiro atoms. The first-order chi connectivity index (χ1) is 12.0. The molecule has 3 nitrogen and oxygen atoms in total. The first-order valence-electron chi connectivity index (χ1n) is 10.7. The molecule has 0 aromatic rings. The number of carbonyl (C=O) groups excluding carboxylic acids is 1. The van der Waals surface area contributed by atoms with Crippen molar-refractivity contribution in [2.45, 2.75) is 98.3 Å². The van der Waals surface area contributed by atoms with Gasteiger partial charge in [-0.1, -0.05) is 79.1 Å². The Morgan fingerprint density at radius 2 is 1.08 bits per heavy atom. The van der Waals surface area contributed by atoms with Gasteiger partial charge in [-0.05, 0) is 25.2 Å². The van der Waals surface area contributed by atoms with Gasteiger partial charge in [0.05, 0.1) is 0 Å². The summed E-state index contributed by atoms with van der Waals surface area (Å²) in [6.45, 7) is 11.3. The SMILES string of the molecule is CC(C)CCCCCOCCCCCCCCCOCC(=O)C(C)C. The van der Waals surface area contributed by atoms with E-state index in [0.29, 0.717) is 0 Å². The lowest BCUT2D eigenvalue weighted by Gasteiger charge is -2.06. The van der Waals surface area contributed by atoms with E-state index in [1.54, 1.807) is 0 Å². The largest absolute Gasteiger partial charge is 0.381 e. The molecule has 0 aliphatic rings. The van der Waals surface area contributed by atoms with Crippen molar-refractivity contribution in [3.8, 4) is 0 Å². The second kappa shape index (κ2) is 18.4. The van der Waals surface area contributed by atoms with Crippen LogP contribution in [0, 0.1) is 11.8 Å². The molecule has 0 saturated carbocycles. The molecule has 0 heterocycles. The van der Waals surface area contributed by atoms with E-state index in [4.69, 9.17) is 9.47 Å². The predicted octanol–water partition coefficient (Wildman–Crippen LogP) is 6.19. The van der Waals surface area contributed by atoms with Crippen LogP contribution in [0.25, 0.3) is 0 Å². The van der Waals surface area contributed by atoms with E-state index in [-0.39, 0.29) is 18.3 Å². The maximum Gasteiger partial charge on any atom is 0.160 e. The van der Waals surface area contributed by atoms with Crippen molar-refractivity contribution >= 4 is 5.78 Å². The van der Waals surface area contributed by atoms with Crippen molar-refractivity contribution in [3.05, 3.63) is 0 Å². The summed E-state index contributed by atoms with van der Waals surface area (Å²) in [5.41, 5.74) is 0. The number of ketones is 1. The van der Waals surface area contributed by atoms with Gasteiger partial charge in [-0.3, -0.25) is 4.79 Å².